The SMILES string of the molecule is CCCN(CC(=O)O)c1nc2c(cnn2C(C)(C)C)c(=O)[nH]1. The topological polar surface area (TPSA) is 104 Å². The molecule has 0 saturated heterocycles. The summed E-state index contributed by atoms with van der Waals surface area (Å²) in [7, 11) is 0. The highest BCUT2D eigenvalue weighted by Gasteiger charge is 2.21. The van der Waals surface area contributed by atoms with E-state index in [1.807, 2.05) is 27.7 Å². The second kappa shape index (κ2) is 5.78. The summed E-state index contributed by atoms with van der Waals surface area (Å²) in [6.07, 6.45) is 2.23. The first-order valence-electron chi connectivity index (χ1n) is 7.19. The summed E-state index contributed by atoms with van der Waals surface area (Å²) in [5.41, 5.74) is -0.193. The van der Waals surface area contributed by atoms with E-state index >= 15 is 0 Å². The molecule has 0 atom stereocenters. The molecule has 22 heavy (non-hydrogen) atoms. The summed E-state index contributed by atoms with van der Waals surface area (Å²) < 4.78 is 1.67. The lowest BCUT2D eigenvalue weighted by Crippen LogP contribution is -2.33. The Balaban J connectivity index is 2.59. The van der Waals surface area contributed by atoms with Crippen LogP contribution in [-0.4, -0.2) is 43.9 Å². The van der Waals surface area contributed by atoms with Gasteiger partial charge >= 0.3 is 5.97 Å². The highest BCUT2D eigenvalue weighted by molar-refractivity contribution is 5.76. The van der Waals surface area contributed by atoms with Crippen LogP contribution in [0.3, 0.4) is 0 Å². The average Bonchev–Trinajstić information content (AvgIpc) is 2.81. The van der Waals surface area contributed by atoms with Crippen LogP contribution in [-0.2, 0) is 10.3 Å². The van der Waals surface area contributed by atoms with E-state index in [0.717, 1.165) is 6.42 Å². The summed E-state index contributed by atoms with van der Waals surface area (Å²) in [6, 6.07) is 0. The summed E-state index contributed by atoms with van der Waals surface area (Å²) in [6.45, 7) is 8.09. The number of rotatable bonds is 5. The Morgan fingerprint density at radius 2 is 2.14 bits per heavy atom. The van der Waals surface area contributed by atoms with Gasteiger partial charge in [0.1, 0.15) is 11.9 Å². The average molecular weight is 307 g/mol. The normalized spacial score (nSPS) is 11.8. The fraction of sp³-hybridized carbons (Fsp3) is 0.571. The van der Waals surface area contributed by atoms with Crippen LogP contribution in [0.5, 0.6) is 0 Å². The van der Waals surface area contributed by atoms with Crippen molar-refractivity contribution in [2.45, 2.75) is 39.7 Å². The van der Waals surface area contributed by atoms with E-state index in [9.17, 15) is 9.59 Å². The second-order valence-electron chi connectivity index (χ2n) is 6.17. The van der Waals surface area contributed by atoms with Gasteiger partial charge in [0.2, 0.25) is 5.95 Å². The molecule has 0 unspecified atom stereocenters. The fourth-order valence-corrected chi connectivity index (χ4v) is 2.24. The molecule has 8 heteroatoms. The zero-order chi connectivity index (χ0) is 16.5. The van der Waals surface area contributed by atoms with Crippen LogP contribution in [0.25, 0.3) is 11.0 Å². The number of hydrogen-bond donors (Lipinski definition) is 2. The van der Waals surface area contributed by atoms with E-state index in [1.165, 1.54) is 6.20 Å². The van der Waals surface area contributed by atoms with Crippen LogP contribution in [0.4, 0.5) is 5.95 Å². The number of carbonyl (C=O) groups is 1. The minimum absolute atomic E-state index is 0.216. The number of carboxylic acids is 1. The van der Waals surface area contributed by atoms with Crippen LogP contribution < -0.4 is 10.5 Å². The lowest BCUT2D eigenvalue weighted by molar-refractivity contribution is -0.135. The Kier molecular flexibility index (Phi) is 4.20. The largest absolute Gasteiger partial charge is 0.480 e. The van der Waals surface area contributed by atoms with Crippen molar-refractivity contribution >= 4 is 23.0 Å². The molecule has 2 N–H and O–H groups in total. The van der Waals surface area contributed by atoms with Crippen molar-refractivity contribution in [2.24, 2.45) is 0 Å². The molecular weight excluding hydrogens is 286 g/mol. The first-order valence-corrected chi connectivity index (χ1v) is 7.19. The molecule has 0 aliphatic heterocycles. The molecule has 0 aliphatic carbocycles. The van der Waals surface area contributed by atoms with Crippen molar-refractivity contribution in [3.05, 3.63) is 16.6 Å². The maximum absolute atomic E-state index is 12.2. The Morgan fingerprint density at radius 1 is 1.45 bits per heavy atom. The molecule has 0 fully saturated rings. The monoisotopic (exact) mass is 307 g/mol. The molecule has 0 saturated carbocycles. The highest BCUT2D eigenvalue weighted by atomic mass is 16.4. The number of carboxylic acid groups (broad SMARTS) is 1. The van der Waals surface area contributed by atoms with Crippen molar-refractivity contribution in [2.75, 3.05) is 18.0 Å². The fourth-order valence-electron chi connectivity index (χ4n) is 2.24. The van der Waals surface area contributed by atoms with Gasteiger partial charge in [-0.3, -0.25) is 14.6 Å². The summed E-state index contributed by atoms with van der Waals surface area (Å²) in [4.78, 5) is 31.8. The third-order valence-corrected chi connectivity index (χ3v) is 3.18. The minimum Gasteiger partial charge on any atom is -0.480 e. The molecule has 0 bridgehead atoms. The molecule has 0 aliphatic rings. The predicted molar refractivity (Wildman–Crippen MR) is 83.3 cm³/mol. The first-order chi connectivity index (χ1) is 10.2. The molecule has 0 radical (unpaired) electrons. The quantitative estimate of drug-likeness (QED) is 0.859. The summed E-state index contributed by atoms with van der Waals surface area (Å²) in [5.74, 6) is -0.715. The number of nitrogens with one attached hydrogen (secondary N) is 1. The Bertz CT molecular complexity index is 741. The number of H-pyrrole nitrogens is 1. The zero-order valence-electron chi connectivity index (χ0n) is 13.3. The number of anilines is 1. The van der Waals surface area contributed by atoms with Crippen molar-refractivity contribution in [1.82, 2.24) is 19.7 Å². The maximum Gasteiger partial charge on any atom is 0.323 e. The maximum atomic E-state index is 12.2. The summed E-state index contributed by atoms with van der Waals surface area (Å²) >= 11 is 0. The molecule has 2 rings (SSSR count). The van der Waals surface area contributed by atoms with Crippen molar-refractivity contribution < 1.29 is 9.90 Å². The highest BCUT2D eigenvalue weighted by Crippen LogP contribution is 2.19. The van der Waals surface area contributed by atoms with Gasteiger partial charge in [0.15, 0.2) is 5.65 Å². The van der Waals surface area contributed by atoms with E-state index in [4.69, 9.17) is 5.11 Å². The van der Waals surface area contributed by atoms with Crippen molar-refractivity contribution in [3.63, 3.8) is 0 Å². The Morgan fingerprint density at radius 3 is 2.68 bits per heavy atom. The third-order valence-electron chi connectivity index (χ3n) is 3.18. The molecule has 2 aromatic heterocycles. The Labute approximate surface area is 127 Å². The van der Waals surface area contributed by atoms with Gasteiger partial charge in [0.05, 0.1) is 11.7 Å². The van der Waals surface area contributed by atoms with Gasteiger partial charge in [-0.05, 0) is 27.2 Å². The van der Waals surface area contributed by atoms with Gasteiger partial charge in [0.25, 0.3) is 5.56 Å². The van der Waals surface area contributed by atoms with Gasteiger partial charge in [-0.15, -0.1) is 0 Å². The number of aromatic amines is 1. The molecule has 2 heterocycles. The molecular formula is C14H21N5O3. The molecule has 0 spiro atoms. The van der Waals surface area contributed by atoms with Crippen molar-refractivity contribution in [3.8, 4) is 0 Å². The number of aromatic nitrogens is 4. The molecule has 120 valence electrons. The lowest BCUT2D eigenvalue weighted by Gasteiger charge is -2.22. The van der Waals surface area contributed by atoms with Gasteiger partial charge in [-0.1, -0.05) is 6.92 Å². The minimum atomic E-state index is -0.972. The van der Waals surface area contributed by atoms with Gasteiger partial charge in [-0.2, -0.15) is 10.1 Å². The summed E-state index contributed by atoms with van der Waals surface area (Å²) in [5, 5.41) is 13.6. The second-order valence-corrected chi connectivity index (χ2v) is 6.17. The molecule has 8 nitrogen and oxygen atoms in total. The van der Waals surface area contributed by atoms with Crippen LogP contribution >= 0.6 is 0 Å². The van der Waals surface area contributed by atoms with E-state index in [2.05, 4.69) is 15.1 Å². The van der Waals surface area contributed by atoms with Crippen molar-refractivity contribution in [1.29, 1.82) is 0 Å². The van der Waals surface area contributed by atoms with E-state index in [0.29, 0.717) is 17.6 Å². The number of aliphatic carboxylic acids is 1. The molecule has 2 aromatic rings. The number of fused-ring (bicyclic) bond motifs is 1. The lowest BCUT2D eigenvalue weighted by atomic mass is 10.1. The van der Waals surface area contributed by atoms with E-state index < -0.39 is 5.97 Å². The van der Waals surface area contributed by atoms with Gasteiger partial charge in [0, 0.05) is 6.54 Å². The Hall–Kier alpha value is -2.38. The predicted octanol–water partition coefficient (Wildman–Crippen LogP) is 1.18. The standard InChI is InChI=1S/C14H21N5O3/c1-5-6-18(8-10(20)21)13-16-11-9(12(22)17-13)7-15-19(11)14(2,3)4/h7H,5-6,8H2,1-4H3,(H,20,21)(H,16,17,22). The van der Waals surface area contributed by atoms with Crippen LogP contribution in [0, 0.1) is 0 Å². The van der Waals surface area contributed by atoms with E-state index in [1.54, 1.807) is 9.58 Å². The van der Waals surface area contributed by atoms with Crippen LogP contribution in [0.2, 0.25) is 0 Å². The van der Waals surface area contributed by atoms with Crippen LogP contribution in [0.1, 0.15) is 34.1 Å². The molecule has 0 amide bonds. The first kappa shape index (κ1) is 16.0. The zero-order valence-corrected chi connectivity index (χ0v) is 13.3. The molecule has 0 aromatic carbocycles. The smallest absolute Gasteiger partial charge is 0.323 e. The number of nitrogens with zero attached hydrogens (tertiary/aromatic N) is 4. The number of hydrogen-bond acceptors (Lipinski definition) is 5. The van der Waals surface area contributed by atoms with E-state index in [-0.39, 0.29) is 23.6 Å². The van der Waals surface area contributed by atoms with Crippen LogP contribution in [0.15, 0.2) is 11.0 Å². The third kappa shape index (κ3) is 3.10. The van der Waals surface area contributed by atoms with Gasteiger partial charge in [-0.25, -0.2) is 4.68 Å². The van der Waals surface area contributed by atoms with Gasteiger partial charge < -0.3 is 10.0 Å².